The van der Waals surface area contributed by atoms with Crippen LogP contribution in [0, 0.1) is 11.3 Å². The van der Waals surface area contributed by atoms with Crippen molar-refractivity contribution in [2.75, 3.05) is 24.3 Å². The van der Waals surface area contributed by atoms with E-state index < -0.39 is 0 Å². The first-order valence-electron chi connectivity index (χ1n) is 6.13. The van der Waals surface area contributed by atoms with Gasteiger partial charge >= 0.3 is 0 Å². The van der Waals surface area contributed by atoms with Gasteiger partial charge in [-0.05, 0) is 19.1 Å². The van der Waals surface area contributed by atoms with Crippen LogP contribution in [0.4, 0.5) is 5.69 Å². The summed E-state index contributed by atoms with van der Waals surface area (Å²) in [4.78, 5) is 2.32. The van der Waals surface area contributed by atoms with Crippen molar-refractivity contribution in [2.24, 2.45) is 0 Å². The molecule has 2 unspecified atom stereocenters. The molecular formula is C14H18N2OS. The van der Waals surface area contributed by atoms with E-state index in [4.69, 9.17) is 4.74 Å². The predicted molar refractivity (Wildman–Crippen MR) is 76.4 cm³/mol. The Morgan fingerprint density at radius 3 is 2.89 bits per heavy atom. The van der Waals surface area contributed by atoms with Crippen LogP contribution in [0.2, 0.25) is 0 Å². The Labute approximate surface area is 113 Å². The molecular weight excluding hydrogens is 244 g/mol. The molecule has 1 aromatic carbocycles. The van der Waals surface area contributed by atoms with Crippen molar-refractivity contribution in [3.63, 3.8) is 0 Å². The van der Waals surface area contributed by atoms with Crippen LogP contribution >= 0.6 is 11.8 Å². The molecule has 0 bridgehead atoms. The fraction of sp³-hybridized carbons (Fsp3) is 0.500. The van der Waals surface area contributed by atoms with E-state index in [0.29, 0.717) is 11.3 Å². The van der Waals surface area contributed by atoms with Crippen LogP contribution in [0.5, 0.6) is 5.75 Å². The van der Waals surface area contributed by atoms with E-state index in [1.54, 1.807) is 7.11 Å². The van der Waals surface area contributed by atoms with Crippen molar-refractivity contribution in [1.82, 2.24) is 0 Å². The Hall–Kier alpha value is -1.34. The summed E-state index contributed by atoms with van der Waals surface area (Å²) in [7, 11) is 1.66. The van der Waals surface area contributed by atoms with E-state index in [-0.39, 0.29) is 0 Å². The van der Waals surface area contributed by atoms with Gasteiger partial charge in [0, 0.05) is 29.7 Å². The third kappa shape index (κ3) is 2.41. The number of ether oxygens (including phenoxy) is 1. The largest absolute Gasteiger partial charge is 0.497 e. The summed E-state index contributed by atoms with van der Waals surface area (Å²) in [5, 5.41) is 9.82. The number of thioether (sulfide) groups is 1. The number of nitriles is 1. The van der Waals surface area contributed by atoms with E-state index in [0.717, 1.165) is 29.3 Å². The summed E-state index contributed by atoms with van der Waals surface area (Å²) in [5.74, 6) is 1.91. The molecule has 0 saturated carbocycles. The fourth-order valence-electron chi connectivity index (χ4n) is 2.24. The van der Waals surface area contributed by atoms with Crippen LogP contribution < -0.4 is 9.64 Å². The quantitative estimate of drug-likeness (QED) is 0.821. The molecule has 96 valence electrons. The molecule has 0 spiro atoms. The van der Waals surface area contributed by atoms with Crippen LogP contribution in [-0.2, 0) is 0 Å². The Kier molecular flexibility index (Phi) is 4.03. The number of hydrogen-bond donors (Lipinski definition) is 0. The molecule has 1 aliphatic rings. The number of anilines is 1. The molecule has 0 radical (unpaired) electrons. The zero-order valence-electron chi connectivity index (χ0n) is 11.0. The van der Waals surface area contributed by atoms with E-state index in [9.17, 15) is 5.26 Å². The second-order valence-electron chi connectivity index (χ2n) is 4.50. The first-order chi connectivity index (χ1) is 8.67. The minimum absolute atomic E-state index is 0.433. The van der Waals surface area contributed by atoms with E-state index in [1.807, 2.05) is 30.0 Å². The van der Waals surface area contributed by atoms with Crippen LogP contribution in [0.25, 0.3) is 0 Å². The standard InChI is InChI=1S/C14H18N2OS/c1-10-11(2)18-7-6-16(10)14-8-13(17-3)5-4-12(14)9-15/h4-5,8,10-11H,6-7H2,1-3H3. The van der Waals surface area contributed by atoms with Crippen molar-refractivity contribution in [2.45, 2.75) is 25.1 Å². The zero-order valence-corrected chi connectivity index (χ0v) is 11.8. The smallest absolute Gasteiger partial charge is 0.121 e. The molecule has 4 heteroatoms. The zero-order chi connectivity index (χ0) is 13.1. The maximum absolute atomic E-state index is 9.24. The Bertz CT molecular complexity index is 469. The lowest BCUT2D eigenvalue weighted by Crippen LogP contribution is -2.45. The van der Waals surface area contributed by atoms with E-state index >= 15 is 0 Å². The molecule has 2 atom stereocenters. The molecule has 0 N–H and O–H groups in total. The van der Waals surface area contributed by atoms with E-state index in [2.05, 4.69) is 24.8 Å². The van der Waals surface area contributed by atoms with Gasteiger partial charge in [-0.1, -0.05) is 6.92 Å². The summed E-state index contributed by atoms with van der Waals surface area (Å²) in [6.45, 7) is 5.45. The summed E-state index contributed by atoms with van der Waals surface area (Å²) in [6, 6.07) is 8.36. The SMILES string of the molecule is COc1ccc(C#N)c(N2CCSC(C)C2C)c1. The topological polar surface area (TPSA) is 36.3 Å². The van der Waals surface area contributed by atoms with Gasteiger partial charge in [0.05, 0.1) is 18.4 Å². The fourth-order valence-corrected chi connectivity index (χ4v) is 3.34. The van der Waals surface area contributed by atoms with Gasteiger partial charge in [0.15, 0.2) is 0 Å². The van der Waals surface area contributed by atoms with Crippen molar-refractivity contribution < 1.29 is 4.74 Å². The molecule has 3 nitrogen and oxygen atoms in total. The van der Waals surface area contributed by atoms with Crippen molar-refractivity contribution in [3.05, 3.63) is 23.8 Å². The number of rotatable bonds is 2. The highest BCUT2D eigenvalue weighted by Crippen LogP contribution is 2.33. The maximum Gasteiger partial charge on any atom is 0.121 e. The highest BCUT2D eigenvalue weighted by molar-refractivity contribution is 8.00. The molecule has 1 saturated heterocycles. The first kappa shape index (κ1) is 13.1. The monoisotopic (exact) mass is 262 g/mol. The molecule has 1 aliphatic heterocycles. The molecule has 0 aromatic heterocycles. The number of nitrogens with zero attached hydrogens (tertiary/aromatic N) is 2. The molecule has 1 fully saturated rings. The molecule has 1 aromatic rings. The average Bonchev–Trinajstić information content (AvgIpc) is 2.41. The Morgan fingerprint density at radius 1 is 1.44 bits per heavy atom. The molecule has 0 amide bonds. The van der Waals surface area contributed by atoms with Gasteiger partial charge in [-0.2, -0.15) is 17.0 Å². The average molecular weight is 262 g/mol. The lowest BCUT2D eigenvalue weighted by Gasteiger charge is -2.39. The van der Waals surface area contributed by atoms with Gasteiger partial charge in [-0.3, -0.25) is 0 Å². The third-order valence-corrected chi connectivity index (χ3v) is 4.86. The number of benzene rings is 1. The normalized spacial score (nSPS) is 23.6. The number of hydrogen-bond acceptors (Lipinski definition) is 4. The second-order valence-corrected chi connectivity index (χ2v) is 5.99. The van der Waals surface area contributed by atoms with Crippen molar-refractivity contribution in [3.8, 4) is 11.8 Å². The maximum atomic E-state index is 9.24. The minimum atomic E-state index is 0.433. The Morgan fingerprint density at radius 2 is 2.22 bits per heavy atom. The van der Waals surface area contributed by atoms with Gasteiger partial charge < -0.3 is 9.64 Å². The van der Waals surface area contributed by atoms with Crippen molar-refractivity contribution >= 4 is 17.4 Å². The van der Waals surface area contributed by atoms with Gasteiger partial charge in [0.1, 0.15) is 11.8 Å². The van der Waals surface area contributed by atoms with Gasteiger partial charge in [-0.15, -0.1) is 0 Å². The van der Waals surface area contributed by atoms with E-state index in [1.165, 1.54) is 0 Å². The Balaban J connectivity index is 2.39. The second kappa shape index (κ2) is 5.53. The minimum Gasteiger partial charge on any atom is -0.497 e. The van der Waals surface area contributed by atoms with Crippen LogP contribution in [0.1, 0.15) is 19.4 Å². The molecule has 18 heavy (non-hydrogen) atoms. The number of methoxy groups -OCH3 is 1. The summed E-state index contributed by atoms with van der Waals surface area (Å²) >= 11 is 1.99. The molecule has 0 aliphatic carbocycles. The van der Waals surface area contributed by atoms with Gasteiger partial charge in [0.2, 0.25) is 0 Å². The van der Waals surface area contributed by atoms with Gasteiger partial charge in [0.25, 0.3) is 0 Å². The highest BCUT2D eigenvalue weighted by atomic mass is 32.2. The first-order valence-corrected chi connectivity index (χ1v) is 7.18. The summed E-state index contributed by atoms with van der Waals surface area (Å²) < 4.78 is 5.27. The van der Waals surface area contributed by atoms with Crippen LogP contribution in [0.15, 0.2) is 18.2 Å². The third-order valence-electron chi connectivity index (χ3n) is 3.52. The van der Waals surface area contributed by atoms with Gasteiger partial charge in [-0.25, -0.2) is 0 Å². The van der Waals surface area contributed by atoms with Crippen LogP contribution in [0.3, 0.4) is 0 Å². The van der Waals surface area contributed by atoms with Crippen molar-refractivity contribution in [1.29, 1.82) is 5.26 Å². The lowest BCUT2D eigenvalue weighted by atomic mass is 10.1. The summed E-state index contributed by atoms with van der Waals surface area (Å²) in [5.41, 5.74) is 1.72. The lowest BCUT2D eigenvalue weighted by molar-refractivity contribution is 0.414. The summed E-state index contributed by atoms with van der Waals surface area (Å²) in [6.07, 6.45) is 0. The predicted octanol–water partition coefficient (Wildman–Crippen LogP) is 2.90. The molecule has 1 heterocycles. The highest BCUT2D eigenvalue weighted by Gasteiger charge is 2.27. The molecule has 2 rings (SSSR count). The van der Waals surface area contributed by atoms with Crippen LogP contribution in [-0.4, -0.2) is 30.7 Å².